The Bertz CT molecular complexity index is 1160. The first-order valence-electron chi connectivity index (χ1n) is 10.4. The van der Waals surface area contributed by atoms with Gasteiger partial charge < -0.3 is 14.2 Å². The lowest BCUT2D eigenvalue weighted by atomic mass is 10.1. The van der Waals surface area contributed by atoms with Gasteiger partial charge in [-0.15, -0.1) is 0 Å². The molecule has 0 bridgehead atoms. The summed E-state index contributed by atoms with van der Waals surface area (Å²) in [6, 6.07) is 18.4. The van der Waals surface area contributed by atoms with Gasteiger partial charge in [0.1, 0.15) is 12.4 Å². The molecule has 0 aliphatic carbocycles. The van der Waals surface area contributed by atoms with Gasteiger partial charge in [-0.05, 0) is 12.1 Å². The maximum Gasteiger partial charge on any atom is 0.240 e. The molecule has 8 heteroatoms. The van der Waals surface area contributed by atoms with Crippen LogP contribution in [0, 0.1) is 0 Å². The van der Waals surface area contributed by atoms with Gasteiger partial charge in [0, 0.05) is 44.2 Å². The Hall–Kier alpha value is -3.36. The van der Waals surface area contributed by atoms with Crippen LogP contribution in [0.25, 0.3) is 22.3 Å². The fourth-order valence-corrected chi connectivity index (χ4v) is 3.87. The summed E-state index contributed by atoms with van der Waals surface area (Å²) in [7, 11) is 1.62. The summed E-state index contributed by atoms with van der Waals surface area (Å²) >= 11 is 0. The van der Waals surface area contributed by atoms with Crippen LogP contribution >= 0.6 is 0 Å². The van der Waals surface area contributed by atoms with Gasteiger partial charge in [-0.3, -0.25) is 4.90 Å². The number of nitrogens with zero attached hydrogens (tertiary/aromatic N) is 6. The van der Waals surface area contributed by atoms with Crippen LogP contribution in [-0.4, -0.2) is 58.3 Å². The molecule has 0 N–H and O–H groups in total. The minimum atomic E-state index is 0.363. The largest absolute Gasteiger partial charge is 0.377 e. The highest BCUT2D eigenvalue weighted by molar-refractivity contribution is 5.91. The van der Waals surface area contributed by atoms with E-state index in [9.17, 15) is 0 Å². The molecule has 3 heterocycles. The molecular formula is C23H24N6O2. The van der Waals surface area contributed by atoms with Crippen molar-refractivity contribution >= 4 is 16.7 Å². The minimum Gasteiger partial charge on any atom is -0.377 e. The number of fused-ring (bicyclic) bond motifs is 1. The molecule has 158 valence electrons. The van der Waals surface area contributed by atoms with Crippen LogP contribution in [0.4, 0.5) is 5.82 Å². The number of rotatable bonds is 6. The van der Waals surface area contributed by atoms with E-state index >= 15 is 0 Å². The first kappa shape index (κ1) is 19.6. The van der Waals surface area contributed by atoms with Gasteiger partial charge in [-0.1, -0.05) is 47.6 Å². The van der Waals surface area contributed by atoms with Gasteiger partial charge in [0.15, 0.2) is 11.6 Å². The Labute approximate surface area is 180 Å². The molecule has 1 fully saturated rings. The third kappa shape index (κ3) is 4.26. The van der Waals surface area contributed by atoms with Gasteiger partial charge in [-0.25, -0.2) is 9.97 Å². The van der Waals surface area contributed by atoms with Crippen molar-refractivity contribution in [2.75, 3.05) is 38.2 Å². The van der Waals surface area contributed by atoms with Crippen molar-refractivity contribution in [3.8, 4) is 11.4 Å². The number of para-hydroxylation sites is 1. The van der Waals surface area contributed by atoms with Crippen LogP contribution in [-0.2, 0) is 17.9 Å². The number of ether oxygens (including phenoxy) is 1. The first-order chi connectivity index (χ1) is 15.3. The maximum absolute atomic E-state index is 5.34. The molecule has 0 saturated carbocycles. The summed E-state index contributed by atoms with van der Waals surface area (Å²) in [5.41, 5.74) is 1.99. The smallest absolute Gasteiger partial charge is 0.240 e. The highest BCUT2D eigenvalue weighted by Crippen LogP contribution is 2.28. The summed E-state index contributed by atoms with van der Waals surface area (Å²) in [4.78, 5) is 18.8. The highest BCUT2D eigenvalue weighted by Gasteiger charge is 2.22. The Morgan fingerprint density at radius 2 is 1.68 bits per heavy atom. The van der Waals surface area contributed by atoms with E-state index in [1.807, 2.05) is 42.5 Å². The second-order valence-corrected chi connectivity index (χ2v) is 7.55. The molecule has 0 unspecified atom stereocenters. The van der Waals surface area contributed by atoms with E-state index in [-0.39, 0.29) is 0 Å². The Balaban J connectivity index is 1.35. The van der Waals surface area contributed by atoms with Crippen LogP contribution in [0.2, 0.25) is 0 Å². The number of aromatic nitrogens is 4. The van der Waals surface area contributed by atoms with Crippen molar-refractivity contribution < 1.29 is 9.26 Å². The summed E-state index contributed by atoms with van der Waals surface area (Å²) < 4.78 is 10.4. The second-order valence-electron chi connectivity index (χ2n) is 7.55. The zero-order valence-corrected chi connectivity index (χ0v) is 17.4. The molecule has 8 nitrogen and oxygen atoms in total. The van der Waals surface area contributed by atoms with E-state index in [1.165, 1.54) is 0 Å². The zero-order valence-electron chi connectivity index (χ0n) is 17.4. The molecule has 0 amide bonds. The van der Waals surface area contributed by atoms with Crippen molar-refractivity contribution in [2.24, 2.45) is 0 Å². The SMILES string of the molecule is COCc1noc(CN2CCN(c3nc(-c4ccccc4)nc4ccccc34)CC2)n1. The Morgan fingerprint density at radius 3 is 2.48 bits per heavy atom. The molecular weight excluding hydrogens is 392 g/mol. The number of piperazine rings is 1. The number of hydrogen-bond acceptors (Lipinski definition) is 8. The number of benzene rings is 2. The predicted molar refractivity (Wildman–Crippen MR) is 117 cm³/mol. The Kier molecular flexibility index (Phi) is 5.56. The van der Waals surface area contributed by atoms with Crippen LogP contribution in [0.1, 0.15) is 11.7 Å². The molecule has 2 aromatic carbocycles. The fourth-order valence-electron chi connectivity index (χ4n) is 3.87. The molecule has 31 heavy (non-hydrogen) atoms. The van der Waals surface area contributed by atoms with Crippen molar-refractivity contribution in [3.05, 3.63) is 66.3 Å². The minimum absolute atomic E-state index is 0.363. The molecule has 4 aromatic rings. The average Bonchev–Trinajstić information content (AvgIpc) is 3.26. The normalized spacial score (nSPS) is 14.9. The summed E-state index contributed by atoms with van der Waals surface area (Å²) in [6.45, 7) is 4.52. The quantitative estimate of drug-likeness (QED) is 0.474. The van der Waals surface area contributed by atoms with Gasteiger partial charge in [-0.2, -0.15) is 4.98 Å². The molecule has 1 aliphatic rings. The van der Waals surface area contributed by atoms with E-state index in [0.29, 0.717) is 24.9 Å². The number of hydrogen-bond donors (Lipinski definition) is 0. The molecule has 0 spiro atoms. The number of anilines is 1. The third-order valence-electron chi connectivity index (χ3n) is 5.43. The van der Waals surface area contributed by atoms with E-state index in [4.69, 9.17) is 19.2 Å². The van der Waals surface area contributed by atoms with Crippen molar-refractivity contribution in [1.29, 1.82) is 0 Å². The molecule has 2 aromatic heterocycles. The summed E-state index contributed by atoms with van der Waals surface area (Å²) in [5.74, 6) is 2.95. The average molecular weight is 416 g/mol. The molecule has 0 radical (unpaired) electrons. The summed E-state index contributed by atoms with van der Waals surface area (Å²) in [5, 5.41) is 5.02. The van der Waals surface area contributed by atoms with Gasteiger partial charge >= 0.3 is 0 Å². The standard InChI is InChI=1S/C23H24N6O2/c1-30-16-20-25-21(31-27-20)15-28-11-13-29(14-12-28)23-18-9-5-6-10-19(18)24-22(26-23)17-7-3-2-4-8-17/h2-10H,11-16H2,1H3. The highest BCUT2D eigenvalue weighted by atomic mass is 16.5. The molecule has 1 aliphatic heterocycles. The lowest BCUT2D eigenvalue weighted by Gasteiger charge is -2.35. The third-order valence-corrected chi connectivity index (χ3v) is 5.43. The van der Waals surface area contributed by atoms with Crippen molar-refractivity contribution in [1.82, 2.24) is 25.0 Å². The van der Waals surface area contributed by atoms with E-state index in [2.05, 4.69) is 32.1 Å². The van der Waals surface area contributed by atoms with Crippen LogP contribution in [0.3, 0.4) is 0 Å². The topological polar surface area (TPSA) is 80.4 Å². The Morgan fingerprint density at radius 1 is 0.903 bits per heavy atom. The van der Waals surface area contributed by atoms with E-state index in [0.717, 1.165) is 54.3 Å². The first-order valence-corrected chi connectivity index (χ1v) is 10.4. The van der Waals surface area contributed by atoms with E-state index < -0.39 is 0 Å². The van der Waals surface area contributed by atoms with Gasteiger partial charge in [0.2, 0.25) is 5.89 Å². The van der Waals surface area contributed by atoms with Gasteiger partial charge in [0.05, 0.1) is 12.1 Å². The van der Waals surface area contributed by atoms with Crippen molar-refractivity contribution in [3.63, 3.8) is 0 Å². The van der Waals surface area contributed by atoms with Crippen LogP contribution in [0.15, 0.2) is 59.1 Å². The maximum atomic E-state index is 5.34. The number of methoxy groups -OCH3 is 1. The predicted octanol–water partition coefficient (Wildman–Crippen LogP) is 3.15. The summed E-state index contributed by atoms with van der Waals surface area (Å²) in [6.07, 6.45) is 0. The van der Waals surface area contributed by atoms with E-state index in [1.54, 1.807) is 7.11 Å². The van der Waals surface area contributed by atoms with Crippen molar-refractivity contribution in [2.45, 2.75) is 13.2 Å². The van der Waals surface area contributed by atoms with Crippen LogP contribution < -0.4 is 4.90 Å². The zero-order chi connectivity index (χ0) is 21.0. The lowest BCUT2D eigenvalue weighted by Crippen LogP contribution is -2.46. The lowest BCUT2D eigenvalue weighted by molar-refractivity contribution is 0.174. The monoisotopic (exact) mass is 416 g/mol. The molecule has 1 saturated heterocycles. The molecule has 5 rings (SSSR count). The second kappa shape index (κ2) is 8.79. The van der Waals surface area contributed by atoms with Crippen LogP contribution in [0.5, 0.6) is 0 Å². The molecule has 0 atom stereocenters. The fraction of sp³-hybridized carbons (Fsp3) is 0.304. The van der Waals surface area contributed by atoms with Gasteiger partial charge in [0.25, 0.3) is 0 Å².